The van der Waals surface area contributed by atoms with Crippen molar-refractivity contribution in [1.29, 1.82) is 0 Å². The van der Waals surface area contributed by atoms with Gasteiger partial charge in [-0.05, 0) is 49.7 Å². The number of benzene rings is 1. The lowest BCUT2D eigenvalue weighted by Crippen LogP contribution is -2.58. The van der Waals surface area contributed by atoms with Crippen LogP contribution in [0.2, 0.25) is 0 Å². The minimum atomic E-state index is -3.66. The van der Waals surface area contributed by atoms with Crippen molar-refractivity contribution < 1.29 is 28.0 Å². The molecule has 1 aliphatic heterocycles. The van der Waals surface area contributed by atoms with Crippen LogP contribution in [0.25, 0.3) is 0 Å². The van der Waals surface area contributed by atoms with Gasteiger partial charge in [0.05, 0.1) is 17.4 Å². The largest absolute Gasteiger partial charge is 0.344 e. The summed E-state index contributed by atoms with van der Waals surface area (Å²) in [5.41, 5.74) is 0.390. The monoisotopic (exact) mass is 564 g/mol. The lowest BCUT2D eigenvalue weighted by molar-refractivity contribution is -0.156. The average Bonchev–Trinajstić information content (AvgIpc) is 3.39. The van der Waals surface area contributed by atoms with Gasteiger partial charge < -0.3 is 10.2 Å². The summed E-state index contributed by atoms with van der Waals surface area (Å²) in [4.78, 5) is 39.9. The van der Waals surface area contributed by atoms with E-state index in [1.54, 1.807) is 29.2 Å². The summed E-state index contributed by atoms with van der Waals surface area (Å²) in [7, 11) is -3.66. The topological polar surface area (TPSA) is 136 Å². The minimum Gasteiger partial charge on any atom is -0.344 e. The molecule has 0 aromatic heterocycles. The zero-order valence-corrected chi connectivity index (χ0v) is 24.4. The standard InChI is InChI=1S/C28H44N4O6S/c1-20-9-11-24(12-10-20)39(37,38)30-23-13-15-31(16-14-23)27(35)25(28(2,3)4)29-26(34)22(18-32(36)19-33)17-21-7-5-6-8-21/h9-12,19,21-23,25,30,36H,5-8,13-18H2,1-4H3,(H,29,34)/t22-,25-/m1/s1. The van der Waals surface area contributed by atoms with E-state index in [2.05, 4.69) is 10.0 Å². The number of amides is 3. The summed E-state index contributed by atoms with van der Waals surface area (Å²) in [6.45, 7) is 8.15. The summed E-state index contributed by atoms with van der Waals surface area (Å²) in [5.74, 6) is -0.835. The summed E-state index contributed by atoms with van der Waals surface area (Å²) < 4.78 is 28.3. The van der Waals surface area contributed by atoms with Gasteiger partial charge in [0.15, 0.2) is 0 Å². The quantitative estimate of drug-likeness (QED) is 0.215. The predicted molar refractivity (Wildman–Crippen MR) is 147 cm³/mol. The van der Waals surface area contributed by atoms with E-state index < -0.39 is 27.4 Å². The summed E-state index contributed by atoms with van der Waals surface area (Å²) >= 11 is 0. The molecule has 1 aromatic carbocycles. The van der Waals surface area contributed by atoms with Crippen LogP contribution in [-0.4, -0.2) is 73.5 Å². The van der Waals surface area contributed by atoms with E-state index in [4.69, 9.17) is 0 Å². The number of nitrogens with one attached hydrogen (secondary N) is 2. The summed E-state index contributed by atoms with van der Waals surface area (Å²) in [5, 5.41) is 13.2. The van der Waals surface area contributed by atoms with Crippen LogP contribution < -0.4 is 10.0 Å². The van der Waals surface area contributed by atoms with Crippen molar-refractivity contribution >= 4 is 28.2 Å². The van der Waals surface area contributed by atoms with Gasteiger partial charge in [-0.3, -0.25) is 19.6 Å². The zero-order chi connectivity index (χ0) is 28.8. The second-order valence-electron chi connectivity index (χ2n) is 12.2. The lowest BCUT2D eigenvalue weighted by Gasteiger charge is -2.39. The molecule has 2 atom stereocenters. The molecule has 1 saturated heterocycles. The molecule has 1 aromatic rings. The number of hydrogen-bond acceptors (Lipinski definition) is 6. The fourth-order valence-electron chi connectivity index (χ4n) is 5.50. The fraction of sp³-hybridized carbons (Fsp3) is 0.679. The number of carbonyl (C=O) groups is 3. The molecule has 0 unspecified atom stereocenters. The van der Waals surface area contributed by atoms with Crippen LogP contribution in [-0.2, 0) is 24.4 Å². The van der Waals surface area contributed by atoms with Crippen molar-refractivity contribution in [2.45, 2.75) is 89.6 Å². The van der Waals surface area contributed by atoms with Crippen LogP contribution in [0.15, 0.2) is 29.2 Å². The zero-order valence-electron chi connectivity index (χ0n) is 23.6. The predicted octanol–water partition coefficient (Wildman–Crippen LogP) is 2.84. The number of rotatable bonds is 11. The van der Waals surface area contributed by atoms with Crippen molar-refractivity contribution in [2.24, 2.45) is 17.3 Å². The third kappa shape index (κ3) is 8.74. The maximum atomic E-state index is 13.6. The minimum absolute atomic E-state index is 0.122. The Kier molecular flexibility index (Phi) is 10.5. The molecule has 2 aliphatic rings. The molecule has 3 rings (SSSR count). The van der Waals surface area contributed by atoms with Crippen LogP contribution in [0, 0.1) is 24.2 Å². The molecule has 2 fully saturated rings. The number of aryl methyl sites for hydroxylation is 1. The molecule has 0 bridgehead atoms. The maximum Gasteiger partial charge on any atom is 0.245 e. The van der Waals surface area contributed by atoms with E-state index >= 15 is 0 Å². The van der Waals surface area contributed by atoms with E-state index in [9.17, 15) is 28.0 Å². The Bertz CT molecular complexity index is 1090. The van der Waals surface area contributed by atoms with Crippen LogP contribution >= 0.6 is 0 Å². The van der Waals surface area contributed by atoms with E-state index in [0.29, 0.717) is 49.7 Å². The number of hydrogen-bond donors (Lipinski definition) is 3. The van der Waals surface area contributed by atoms with Gasteiger partial charge in [0, 0.05) is 19.1 Å². The molecule has 1 aliphatic carbocycles. The Labute approximate surface area is 232 Å². The molecule has 218 valence electrons. The molecule has 1 saturated carbocycles. The smallest absolute Gasteiger partial charge is 0.245 e. The first-order chi connectivity index (χ1) is 18.3. The number of carbonyl (C=O) groups excluding carboxylic acids is 3. The van der Waals surface area contributed by atoms with Gasteiger partial charge in [0.2, 0.25) is 28.2 Å². The second kappa shape index (κ2) is 13.2. The molecule has 3 N–H and O–H groups in total. The molecule has 10 nitrogen and oxygen atoms in total. The van der Waals surface area contributed by atoms with Gasteiger partial charge in [0.1, 0.15) is 6.04 Å². The maximum absolute atomic E-state index is 13.6. The first-order valence-electron chi connectivity index (χ1n) is 13.9. The Morgan fingerprint density at radius 3 is 2.23 bits per heavy atom. The lowest BCUT2D eigenvalue weighted by atomic mass is 9.84. The molecule has 11 heteroatoms. The Morgan fingerprint density at radius 2 is 1.69 bits per heavy atom. The molecule has 39 heavy (non-hydrogen) atoms. The van der Waals surface area contributed by atoms with E-state index in [0.717, 1.165) is 31.2 Å². The van der Waals surface area contributed by atoms with Crippen LogP contribution in [0.5, 0.6) is 0 Å². The number of nitrogens with zero attached hydrogens (tertiary/aromatic N) is 2. The first-order valence-corrected chi connectivity index (χ1v) is 15.4. The van der Waals surface area contributed by atoms with Crippen LogP contribution in [0.1, 0.15) is 71.3 Å². The molecule has 0 radical (unpaired) electrons. The SMILES string of the molecule is Cc1ccc(S(=O)(=O)NC2CCN(C(=O)[C@@H](NC(=O)[C@H](CC3CCCC3)CN(O)C=O)C(C)(C)C)CC2)cc1. The molecular formula is C28H44N4O6S. The highest BCUT2D eigenvalue weighted by atomic mass is 32.2. The van der Waals surface area contributed by atoms with Gasteiger partial charge in [-0.2, -0.15) is 0 Å². The molecule has 0 spiro atoms. The van der Waals surface area contributed by atoms with Gasteiger partial charge in [-0.25, -0.2) is 18.2 Å². The number of sulfonamides is 1. The number of piperidine rings is 1. The van der Waals surface area contributed by atoms with Crippen LogP contribution in [0.4, 0.5) is 0 Å². The average molecular weight is 565 g/mol. The number of likely N-dealkylation sites (tertiary alicyclic amines) is 1. The fourth-order valence-corrected chi connectivity index (χ4v) is 6.80. The van der Waals surface area contributed by atoms with E-state index in [1.165, 1.54) is 0 Å². The van der Waals surface area contributed by atoms with Gasteiger partial charge in [0.25, 0.3) is 0 Å². The Morgan fingerprint density at radius 1 is 1.10 bits per heavy atom. The van der Waals surface area contributed by atoms with Crippen molar-refractivity contribution in [3.05, 3.63) is 29.8 Å². The van der Waals surface area contributed by atoms with Gasteiger partial charge in [-0.15, -0.1) is 0 Å². The van der Waals surface area contributed by atoms with E-state index in [-0.39, 0.29) is 29.3 Å². The highest BCUT2D eigenvalue weighted by Crippen LogP contribution is 2.31. The first kappa shape index (κ1) is 31.0. The van der Waals surface area contributed by atoms with Crippen molar-refractivity contribution in [2.75, 3.05) is 19.6 Å². The molecule has 1 heterocycles. The van der Waals surface area contributed by atoms with Crippen molar-refractivity contribution in [3.8, 4) is 0 Å². The van der Waals surface area contributed by atoms with Crippen molar-refractivity contribution in [3.63, 3.8) is 0 Å². The van der Waals surface area contributed by atoms with Gasteiger partial charge in [-0.1, -0.05) is 64.2 Å². The highest BCUT2D eigenvalue weighted by molar-refractivity contribution is 7.89. The third-order valence-corrected chi connectivity index (χ3v) is 9.39. The Balaban J connectivity index is 1.63. The summed E-state index contributed by atoms with van der Waals surface area (Å²) in [6.07, 6.45) is 6.01. The van der Waals surface area contributed by atoms with Crippen LogP contribution in [0.3, 0.4) is 0 Å². The van der Waals surface area contributed by atoms with Crippen molar-refractivity contribution in [1.82, 2.24) is 20.0 Å². The molecule has 3 amide bonds. The van der Waals surface area contributed by atoms with E-state index in [1.807, 2.05) is 27.7 Å². The second-order valence-corrected chi connectivity index (χ2v) is 13.9. The molecular weight excluding hydrogens is 520 g/mol. The Hall–Kier alpha value is -2.50. The third-order valence-electron chi connectivity index (χ3n) is 7.85. The highest BCUT2D eigenvalue weighted by Gasteiger charge is 2.39. The summed E-state index contributed by atoms with van der Waals surface area (Å²) in [6, 6.07) is 5.58. The van der Waals surface area contributed by atoms with Gasteiger partial charge >= 0.3 is 0 Å². The number of hydroxylamine groups is 2. The normalized spacial score (nSPS) is 18.9.